The maximum Gasteiger partial charge on any atom is 0.189 e. The minimum Gasteiger partial charge on any atom is -0.493 e. The molecule has 0 radical (unpaired) electrons. The molecule has 7 heteroatoms. The minimum absolute atomic E-state index is 0.272. The van der Waals surface area contributed by atoms with Crippen molar-refractivity contribution in [3.8, 4) is 11.5 Å². The van der Waals surface area contributed by atoms with E-state index in [-0.39, 0.29) is 6.04 Å². The van der Waals surface area contributed by atoms with Crippen LogP contribution < -0.4 is 20.5 Å². The van der Waals surface area contributed by atoms with Crippen LogP contribution in [-0.4, -0.2) is 35.8 Å². The van der Waals surface area contributed by atoms with Crippen LogP contribution in [0.2, 0.25) is 0 Å². The molecule has 128 valence electrons. The van der Waals surface area contributed by atoms with E-state index in [1.807, 2.05) is 30.6 Å². The van der Waals surface area contributed by atoms with Crippen molar-refractivity contribution in [1.82, 2.24) is 14.9 Å². The number of imidazole rings is 1. The van der Waals surface area contributed by atoms with E-state index in [1.165, 1.54) is 0 Å². The summed E-state index contributed by atoms with van der Waals surface area (Å²) in [6.45, 7) is 1.44. The Morgan fingerprint density at radius 2 is 2.21 bits per heavy atom. The van der Waals surface area contributed by atoms with Gasteiger partial charge in [-0.05, 0) is 24.1 Å². The Balaban J connectivity index is 1.59. The molecule has 0 saturated carbocycles. The Morgan fingerprint density at radius 1 is 1.38 bits per heavy atom. The number of rotatable bonds is 5. The average molecular weight is 329 g/mol. The smallest absolute Gasteiger partial charge is 0.189 e. The second kappa shape index (κ2) is 7.25. The Hall–Kier alpha value is -2.70. The first-order valence-corrected chi connectivity index (χ1v) is 7.97. The Kier molecular flexibility index (Phi) is 4.88. The molecular weight excluding hydrogens is 306 g/mol. The molecule has 0 fully saturated rings. The number of hydrogen-bond acceptors (Lipinski definition) is 4. The summed E-state index contributed by atoms with van der Waals surface area (Å²) in [7, 11) is 3.24. The third kappa shape index (κ3) is 3.61. The Labute approximate surface area is 141 Å². The van der Waals surface area contributed by atoms with Crippen molar-refractivity contribution in [3.63, 3.8) is 0 Å². The van der Waals surface area contributed by atoms with Gasteiger partial charge < -0.3 is 25.1 Å². The maximum absolute atomic E-state index is 6.03. The lowest BCUT2D eigenvalue weighted by atomic mass is 10.1. The number of nitrogens with zero attached hydrogens (tertiary/aromatic N) is 3. The second-order valence-electron chi connectivity index (χ2n) is 5.76. The lowest BCUT2D eigenvalue weighted by Gasteiger charge is -2.24. The van der Waals surface area contributed by atoms with E-state index in [9.17, 15) is 0 Å². The van der Waals surface area contributed by atoms with Crippen LogP contribution in [0.1, 0.15) is 17.8 Å². The summed E-state index contributed by atoms with van der Waals surface area (Å²) in [5.41, 5.74) is 7.04. The molecule has 2 heterocycles. The summed E-state index contributed by atoms with van der Waals surface area (Å²) in [4.78, 5) is 8.78. The van der Waals surface area contributed by atoms with Crippen LogP contribution in [0.5, 0.6) is 11.5 Å². The first kappa shape index (κ1) is 16.2. The predicted octanol–water partition coefficient (Wildman–Crippen LogP) is 1.32. The van der Waals surface area contributed by atoms with E-state index in [1.54, 1.807) is 14.2 Å². The van der Waals surface area contributed by atoms with Gasteiger partial charge in [-0.3, -0.25) is 0 Å². The quantitative estimate of drug-likeness (QED) is 0.638. The lowest BCUT2D eigenvalue weighted by molar-refractivity contribution is 0.354. The predicted molar refractivity (Wildman–Crippen MR) is 92.3 cm³/mol. The topological polar surface area (TPSA) is 86.7 Å². The van der Waals surface area contributed by atoms with Crippen molar-refractivity contribution in [3.05, 3.63) is 42.0 Å². The van der Waals surface area contributed by atoms with Gasteiger partial charge >= 0.3 is 0 Å². The molecule has 0 amide bonds. The molecule has 1 aromatic heterocycles. The SMILES string of the molecule is COc1ccc(CN=C(N)NC2CCn3ccnc3C2)cc1OC. The van der Waals surface area contributed by atoms with E-state index < -0.39 is 0 Å². The molecule has 1 aliphatic rings. The summed E-state index contributed by atoms with van der Waals surface area (Å²) < 4.78 is 12.7. The number of nitrogens with two attached hydrogens (primary N) is 1. The maximum atomic E-state index is 6.03. The molecule has 2 aromatic rings. The van der Waals surface area contributed by atoms with Crippen molar-refractivity contribution in [2.24, 2.45) is 10.7 Å². The van der Waals surface area contributed by atoms with Gasteiger partial charge in [0.25, 0.3) is 0 Å². The zero-order chi connectivity index (χ0) is 16.9. The highest BCUT2D eigenvalue weighted by Crippen LogP contribution is 2.27. The first-order chi connectivity index (χ1) is 11.7. The van der Waals surface area contributed by atoms with Gasteiger partial charge in [0.05, 0.1) is 20.8 Å². The molecule has 0 spiro atoms. The molecule has 0 saturated heterocycles. The van der Waals surface area contributed by atoms with E-state index in [0.717, 1.165) is 30.8 Å². The molecule has 0 aliphatic carbocycles. The molecule has 0 bridgehead atoms. The van der Waals surface area contributed by atoms with Gasteiger partial charge in [-0.2, -0.15) is 0 Å². The van der Waals surface area contributed by atoms with Crippen LogP contribution in [0.15, 0.2) is 35.6 Å². The fourth-order valence-corrected chi connectivity index (χ4v) is 2.88. The van der Waals surface area contributed by atoms with Crippen molar-refractivity contribution < 1.29 is 9.47 Å². The highest BCUT2D eigenvalue weighted by Gasteiger charge is 2.19. The molecule has 1 aliphatic heterocycles. The van der Waals surface area contributed by atoms with Gasteiger partial charge in [-0.15, -0.1) is 0 Å². The normalized spacial score (nSPS) is 17.2. The van der Waals surface area contributed by atoms with E-state index in [4.69, 9.17) is 15.2 Å². The van der Waals surface area contributed by atoms with Gasteiger partial charge in [-0.1, -0.05) is 6.07 Å². The zero-order valence-corrected chi connectivity index (χ0v) is 14.0. The van der Waals surface area contributed by atoms with Gasteiger partial charge in [0.1, 0.15) is 5.82 Å². The number of aryl methyl sites for hydroxylation is 1. The summed E-state index contributed by atoms with van der Waals surface area (Å²) in [5.74, 6) is 2.94. The molecule has 24 heavy (non-hydrogen) atoms. The molecular formula is C17H23N5O2. The van der Waals surface area contributed by atoms with Crippen LogP contribution in [-0.2, 0) is 19.5 Å². The lowest BCUT2D eigenvalue weighted by Crippen LogP contribution is -2.44. The van der Waals surface area contributed by atoms with Crippen LogP contribution in [0.3, 0.4) is 0 Å². The zero-order valence-electron chi connectivity index (χ0n) is 14.0. The number of nitrogens with one attached hydrogen (secondary N) is 1. The van der Waals surface area contributed by atoms with Crippen LogP contribution >= 0.6 is 0 Å². The summed E-state index contributed by atoms with van der Waals surface area (Å²) >= 11 is 0. The number of guanidine groups is 1. The number of aliphatic imine (C=N–C) groups is 1. The standard InChI is InChI=1S/C17H23N5O2/c1-23-14-4-3-12(9-15(14)24-2)11-20-17(18)21-13-5-7-22-8-6-19-16(22)10-13/h3-4,6,8-9,13H,5,7,10-11H2,1-2H3,(H3,18,20,21). The minimum atomic E-state index is 0.272. The third-order valence-corrected chi connectivity index (χ3v) is 4.18. The Morgan fingerprint density at radius 3 is 3.00 bits per heavy atom. The molecule has 1 aromatic carbocycles. The summed E-state index contributed by atoms with van der Waals surface area (Å²) in [6.07, 6.45) is 5.72. The number of hydrogen-bond donors (Lipinski definition) is 2. The number of benzene rings is 1. The van der Waals surface area contributed by atoms with Crippen molar-refractivity contribution in [2.75, 3.05) is 14.2 Å². The van der Waals surface area contributed by atoms with Gasteiger partial charge in [0, 0.05) is 31.4 Å². The number of fused-ring (bicyclic) bond motifs is 1. The van der Waals surface area contributed by atoms with E-state index in [2.05, 4.69) is 19.9 Å². The second-order valence-corrected chi connectivity index (χ2v) is 5.76. The highest BCUT2D eigenvalue weighted by atomic mass is 16.5. The van der Waals surface area contributed by atoms with Gasteiger partial charge in [-0.25, -0.2) is 9.98 Å². The molecule has 1 unspecified atom stereocenters. The summed E-state index contributed by atoms with van der Waals surface area (Å²) in [5, 5.41) is 3.29. The van der Waals surface area contributed by atoms with Crippen LogP contribution in [0, 0.1) is 0 Å². The van der Waals surface area contributed by atoms with Gasteiger partial charge in [0.15, 0.2) is 17.5 Å². The van der Waals surface area contributed by atoms with E-state index in [0.29, 0.717) is 24.0 Å². The van der Waals surface area contributed by atoms with Crippen molar-refractivity contribution in [2.45, 2.75) is 32.0 Å². The monoisotopic (exact) mass is 329 g/mol. The molecule has 3 rings (SSSR count). The Bertz CT molecular complexity index is 726. The third-order valence-electron chi connectivity index (χ3n) is 4.18. The molecule has 7 nitrogen and oxygen atoms in total. The highest BCUT2D eigenvalue weighted by molar-refractivity contribution is 5.78. The fraction of sp³-hybridized carbons (Fsp3) is 0.412. The fourth-order valence-electron chi connectivity index (χ4n) is 2.88. The molecule has 3 N–H and O–H groups in total. The number of ether oxygens (including phenoxy) is 2. The largest absolute Gasteiger partial charge is 0.493 e. The van der Waals surface area contributed by atoms with Crippen molar-refractivity contribution >= 4 is 5.96 Å². The number of aromatic nitrogens is 2. The van der Waals surface area contributed by atoms with Gasteiger partial charge in [0.2, 0.25) is 0 Å². The summed E-state index contributed by atoms with van der Waals surface area (Å²) in [6, 6.07) is 6.01. The molecule has 1 atom stereocenters. The number of methoxy groups -OCH3 is 2. The van der Waals surface area contributed by atoms with Crippen LogP contribution in [0.4, 0.5) is 0 Å². The van der Waals surface area contributed by atoms with Crippen molar-refractivity contribution in [1.29, 1.82) is 0 Å². The van der Waals surface area contributed by atoms with E-state index >= 15 is 0 Å². The van der Waals surface area contributed by atoms with Crippen LogP contribution in [0.25, 0.3) is 0 Å². The average Bonchev–Trinajstić information content (AvgIpc) is 3.07. The first-order valence-electron chi connectivity index (χ1n) is 7.97.